The summed E-state index contributed by atoms with van der Waals surface area (Å²) in [6, 6.07) is 19.4. The number of para-hydroxylation sites is 1. The lowest BCUT2D eigenvalue weighted by atomic mass is 9.99. The second-order valence-electron chi connectivity index (χ2n) is 7.68. The Labute approximate surface area is 195 Å². The molecule has 1 aliphatic rings. The van der Waals surface area contributed by atoms with E-state index in [1.54, 1.807) is 29.2 Å². The maximum atomic E-state index is 13.0. The van der Waals surface area contributed by atoms with E-state index in [1.165, 1.54) is 11.3 Å². The molecule has 0 saturated carbocycles. The summed E-state index contributed by atoms with van der Waals surface area (Å²) in [5.74, 6) is -2.08. The number of carbonyl (C=O) groups is 3. The Hall–Kier alpha value is -3.96. The van der Waals surface area contributed by atoms with Crippen LogP contribution in [0.5, 0.6) is 0 Å². The van der Waals surface area contributed by atoms with Crippen LogP contribution in [0.2, 0.25) is 0 Å². The van der Waals surface area contributed by atoms with Gasteiger partial charge in [0.15, 0.2) is 6.61 Å². The van der Waals surface area contributed by atoms with Gasteiger partial charge in [-0.05, 0) is 42.6 Å². The summed E-state index contributed by atoms with van der Waals surface area (Å²) in [6.45, 7) is 1.46. The fourth-order valence-electron chi connectivity index (χ4n) is 3.86. The zero-order valence-corrected chi connectivity index (χ0v) is 18.7. The van der Waals surface area contributed by atoms with Crippen molar-refractivity contribution < 1.29 is 19.1 Å². The van der Waals surface area contributed by atoms with Crippen molar-refractivity contribution in [3.8, 4) is 6.07 Å². The SMILES string of the molecule is Cc1ccc(N2C(=O)C[C@H](C(=O)OCC(=O)Nc3ccccc3C#N)[C@@H]2c2cccs2)cc1. The number of hydrogen-bond donors (Lipinski definition) is 1. The van der Waals surface area contributed by atoms with Crippen LogP contribution >= 0.6 is 11.3 Å². The highest BCUT2D eigenvalue weighted by atomic mass is 32.1. The van der Waals surface area contributed by atoms with E-state index in [2.05, 4.69) is 5.32 Å². The highest BCUT2D eigenvalue weighted by Gasteiger charge is 2.46. The van der Waals surface area contributed by atoms with Gasteiger partial charge in [-0.1, -0.05) is 35.9 Å². The predicted octanol–water partition coefficient (Wildman–Crippen LogP) is 4.20. The highest BCUT2D eigenvalue weighted by molar-refractivity contribution is 7.10. The Kier molecular flexibility index (Phi) is 6.52. The van der Waals surface area contributed by atoms with E-state index in [0.29, 0.717) is 16.9 Å². The lowest BCUT2D eigenvalue weighted by Crippen LogP contribution is -2.31. The number of nitrogens with one attached hydrogen (secondary N) is 1. The van der Waals surface area contributed by atoms with E-state index < -0.39 is 30.4 Å². The lowest BCUT2D eigenvalue weighted by Gasteiger charge is -2.27. The normalized spacial score (nSPS) is 17.5. The molecule has 1 aliphatic heterocycles. The third kappa shape index (κ3) is 4.78. The van der Waals surface area contributed by atoms with E-state index in [0.717, 1.165) is 10.4 Å². The van der Waals surface area contributed by atoms with E-state index in [-0.39, 0.29) is 12.3 Å². The summed E-state index contributed by atoms with van der Waals surface area (Å²) in [7, 11) is 0. The summed E-state index contributed by atoms with van der Waals surface area (Å²) in [5, 5.41) is 13.6. The molecule has 4 rings (SSSR count). The third-order valence-electron chi connectivity index (χ3n) is 5.44. The Balaban J connectivity index is 1.49. The number of hydrogen-bond acceptors (Lipinski definition) is 6. The van der Waals surface area contributed by atoms with E-state index in [1.807, 2.05) is 54.8 Å². The molecule has 0 radical (unpaired) electrons. The number of ether oxygens (including phenoxy) is 1. The van der Waals surface area contributed by atoms with E-state index in [4.69, 9.17) is 10.00 Å². The molecular formula is C25H21N3O4S. The van der Waals surface area contributed by atoms with Crippen molar-refractivity contribution in [1.29, 1.82) is 5.26 Å². The number of esters is 1. The van der Waals surface area contributed by atoms with Crippen LogP contribution in [0.4, 0.5) is 11.4 Å². The Morgan fingerprint density at radius 3 is 2.61 bits per heavy atom. The molecule has 33 heavy (non-hydrogen) atoms. The fourth-order valence-corrected chi connectivity index (χ4v) is 4.74. The third-order valence-corrected chi connectivity index (χ3v) is 6.38. The summed E-state index contributed by atoms with van der Waals surface area (Å²) < 4.78 is 5.31. The van der Waals surface area contributed by atoms with Gasteiger partial charge in [0, 0.05) is 17.0 Å². The van der Waals surface area contributed by atoms with E-state index in [9.17, 15) is 14.4 Å². The molecule has 2 heterocycles. The van der Waals surface area contributed by atoms with Crippen LogP contribution in [0.15, 0.2) is 66.0 Å². The van der Waals surface area contributed by atoms with Crippen LogP contribution in [-0.2, 0) is 19.1 Å². The molecule has 1 saturated heterocycles. The summed E-state index contributed by atoms with van der Waals surface area (Å²) in [6.07, 6.45) is -0.00579. The van der Waals surface area contributed by atoms with Crippen molar-refractivity contribution in [1.82, 2.24) is 0 Å². The van der Waals surface area contributed by atoms with Gasteiger partial charge in [-0.3, -0.25) is 14.4 Å². The minimum absolute atomic E-state index is 0.00579. The van der Waals surface area contributed by atoms with Crippen LogP contribution in [0.3, 0.4) is 0 Å². The minimum atomic E-state index is -0.739. The van der Waals surface area contributed by atoms with Gasteiger partial charge in [0.05, 0.1) is 23.2 Å². The molecular weight excluding hydrogens is 438 g/mol. The average molecular weight is 460 g/mol. The number of nitrogens with zero attached hydrogens (tertiary/aromatic N) is 2. The molecule has 2 aromatic carbocycles. The smallest absolute Gasteiger partial charge is 0.312 e. The molecule has 0 aliphatic carbocycles. The van der Waals surface area contributed by atoms with Crippen molar-refractivity contribution in [2.24, 2.45) is 5.92 Å². The Morgan fingerprint density at radius 1 is 1.15 bits per heavy atom. The number of carbonyl (C=O) groups excluding carboxylic acids is 3. The molecule has 1 N–H and O–H groups in total. The number of thiophene rings is 1. The van der Waals surface area contributed by atoms with Gasteiger partial charge in [0.2, 0.25) is 5.91 Å². The fraction of sp³-hybridized carbons (Fsp3) is 0.200. The van der Waals surface area contributed by atoms with Crippen molar-refractivity contribution in [3.05, 3.63) is 82.0 Å². The minimum Gasteiger partial charge on any atom is -0.455 e. The molecule has 0 bridgehead atoms. The molecule has 2 amide bonds. The molecule has 1 fully saturated rings. The molecule has 2 atom stereocenters. The predicted molar refractivity (Wildman–Crippen MR) is 125 cm³/mol. The zero-order chi connectivity index (χ0) is 23.4. The van der Waals surface area contributed by atoms with Crippen LogP contribution in [-0.4, -0.2) is 24.4 Å². The largest absolute Gasteiger partial charge is 0.455 e. The first kappa shape index (κ1) is 22.2. The topological polar surface area (TPSA) is 99.5 Å². The summed E-state index contributed by atoms with van der Waals surface area (Å²) >= 11 is 1.46. The number of anilines is 2. The lowest BCUT2D eigenvalue weighted by molar-refractivity contribution is -0.152. The second kappa shape index (κ2) is 9.67. The molecule has 0 spiro atoms. The molecule has 8 heteroatoms. The van der Waals surface area contributed by atoms with Crippen molar-refractivity contribution in [3.63, 3.8) is 0 Å². The van der Waals surface area contributed by atoms with Gasteiger partial charge in [0.25, 0.3) is 5.91 Å². The maximum Gasteiger partial charge on any atom is 0.312 e. The molecule has 0 unspecified atom stereocenters. The molecule has 1 aromatic heterocycles. The quantitative estimate of drug-likeness (QED) is 0.557. The Bertz CT molecular complexity index is 1220. The van der Waals surface area contributed by atoms with Crippen molar-refractivity contribution in [2.75, 3.05) is 16.8 Å². The summed E-state index contributed by atoms with van der Waals surface area (Å²) in [5.41, 5.74) is 2.44. The summed E-state index contributed by atoms with van der Waals surface area (Å²) in [4.78, 5) is 40.8. The average Bonchev–Trinajstić information content (AvgIpc) is 3.46. The van der Waals surface area contributed by atoms with Gasteiger partial charge < -0.3 is 15.0 Å². The first-order chi connectivity index (χ1) is 16.0. The molecule has 3 aromatic rings. The number of nitriles is 1. The van der Waals surface area contributed by atoms with Gasteiger partial charge in [-0.25, -0.2) is 0 Å². The molecule has 7 nitrogen and oxygen atoms in total. The standard InChI is InChI=1S/C25H21N3O4S/c1-16-8-10-18(11-9-16)28-23(30)13-19(24(28)21-7-4-12-33-21)25(31)32-15-22(29)27-20-6-3-2-5-17(20)14-26/h2-12,19,24H,13,15H2,1H3,(H,27,29)/t19-,24+/m0/s1. The highest BCUT2D eigenvalue weighted by Crippen LogP contribution is 2.43. The first-order valence-corrected chi connectivity index (χ1v) is 11.2. The van der Waals surface area contributed by atoms with Gasteiger partial charge in [-0.2, -0.15) is 5.26 Å². The second-order valence-corrected chi connectivity index (χ2v) is 8.66. The van der Waals surface area contributed by atoms with Crippen molar-refractivity contribution >= 4 is 40.5 Å². The van der Waals surface area contributed by atoms with Crippen LogP contribution in [0.1, 0.15) is 28.5 Å². The first-order valence-electron chi connectivity index (χ1n) is 10.4. The molecule has 166 valence electrons. The number of amides is 2. The number of rotatable bonds is 6. The maximum absolute atomic E-state index is 13.0. The zero-order valence-electron chi connectivity index (χ0n) is 17.9. The monoisotopic (exact) mass is 459 g/mol. The van der Waals surface area contributed by atoms with Crippen LogP contribution in [0.25, 0.3) is 0 Å². The van der Waals surface area contributed by atoms with Gasteiger partial charge >= 0.3 is 5.97 Å². The van der Waals surface area contributed by atoms with Crippen molar-refractivity contribution in [2.45, 2.75) is 19.4 Å². The van der Waals surface area contributed by atoms with E-state index >= 15 is 0 Å². The van der Waals surface area contributed by atoms with Gasteiger partial charge in [-0.15, -0.1) is 11.3 Å². The number of benzene rings is 2. The number of aryl methyl sites for hydroxylation is 1. The van der Waals surface area contributed by atoms with Crippen LogP contribution in [0, 0.1) is 24.2 Å². The Morgan fingerprint density at radius 2 is 1.91 bits per heavy atom. The van der Waals surface area contributed by atoms with Crippen LogP contribution < -0.4 is 10.2 Å². The van der Waals surface area contributed by atoms with Gasteiger partial charge in [0.1, 0.15) is 6.07 Å².